The number of thiophene rings is 1. The minimum absolute atomic E-state index is 0.114. The van der Waals surface area contributed by atoms with Crippen molar-refractivity contribution in [2.24, 2.45) is 0 Å². The minimum Gasteiger partial charge on any atom is -0.359 e. The summed E-state index contributed by atoms with van der Waals surface area (Å²) in [7, 11) is 1.96. The van der Waals surface area contributed by atoms with Gasteiger partial charge in [0.25, 0.3) is 0 Å². The minimum atomic E-state index is 0.114. The summed E-state index contributed by atoms with van der Waals surface area (Å²) < 4.78 is 0. The average molecular weight is 410 g/mol. The fourth-order valence-electron chi connectivity index (χ4n) is 3.50. The molecule has 1 saturated heterocycles. The maximum atomic E-state index is 12.5. The quantitative estimate of drug-likeness (QED) is 0.585. The standard InChI is InChI=1S/C21H23N5O2S/c1-24(8-7-19(28)26-11-9-25(15-27)10-12-26)20-17-13-18(16-5-3-2-4-6-16)29-21(17)23-14-22-20/h2-6,13-15H,7-12H2,1H3. The SMILES string of the molecule is CN(CCC(=O)N1CCN(C=O)CC1)c1ncnc2sc(-c3ccccc3)cc12. The predicted molar refractivity (Wildman–Crippen MR) is 115 cm³/mol. The van der Waals surface area contributed by atoms with Gasteiger partial charge in [-0.2, -0.15) is 0 Å². The fourth-order valence-corrected chi connectivity index (χ4v) is 4.50. The van der Waals surface area contributed by atoms with Crippen LogP contribution in [0, 0.1) is 0 Å². The molecular formula is C21H23N5O2S. The Morgan fingerprint density at radius 2 is 1.93 bits per heavy atom. The van der Waals surface area contributed by atoms with E-state index in [1.54, 1.807) is 22.6 Å². The Hall–Kier alpha value is -3.00. The Balaban J connectivity index is 1.44. The predicted octanol–water partition coefficient (Wildman–Crippen LogP) is 2.49. The van der Waals surface area contributed by atoms with Gasteiger partial charge in [0.15, 0.2) is 0 Å². The number of fused-ring (bicyclic) bond motifs is 1. The van der Waals surface area contributed by atoms with Crippen LogP contribution in [-0.2, 0) is 9.59 Å². The first kappa shape index (κ1) is 19.3. The van der Waals surface area contributed by atoms with E-state index >= 15 is 0 Å². The van der Waals surface area contributed by atoms with Crippen molar-refractivity contribution in [1.29, 1.82) is 0 Å². The fraction of sp³-hybridized carbons (Fsp3) is 0.333. The van der Waals surface area contributed by atoms with Crippen LogP contribution in [0.2, 0.25) is 0 Å². The van der Waals surface area contributed by atoms with E-state index in [1.807, 2.05) is 35.0 Å². The number of amides is 2. The second-order valence-corrected chi connectivity index (χ2v) is 8.12. The Morgan fingerprint density at radius 3 is 2.66 bits per heavy atom. The molecule has 1 aromatic carbocycles. The van der Waals surface area contributed by atoms with Crippen LogP contribution in [0.3, 0.4) is 0 Å². The van der Waals surface area contributed by atoms with E-state index in [2.05, 4.69) is 28.2 Å². The summed E-state index contributed by atoms with van der Waals surface area (Å²) in [6, 6.07) is 12.4. The van der Waals surface area contributed by atoms with Gasteiger partial charge in [0.1, 0.15) is 17.0 Å². The third-order valence-electron chi connectivity index (χ3n) is 5.21. The summed E-state index contributed by atoms with van der Waals surface area (Å²) in [5.74, 6) is 0.954. The summed E-state index contributed by atoms with van der Waals surface area (Å²) in [5.41, 5.74) is 1.16. The molecule has 0 spiro atoms. The summed E-state index contributed by atoms with van der Waals surface area (Å²) >= 11 is 1.65. The summed E-state index contributed by atoms with van der Waals surface area (Å²) in [6.45, 7) is 2.99. The number of hydrogen-bond acceptors (Lipinski definition) is 6. The van der Waals surface area contributed by atoms with Gasteiger partial charge < -0.3 is 14.7 Å². The highest BCUT2D eigenvalue weighted by atomic mass is 32.1. The normalized spacial score (nSPS) is 14.2. The highest BCUT2D eigenvalue weighted by Gasteiger charge is 2.21. The average Bonchev–Trinajstić information content (AvgIpc) is 3.22. The van der Waals surface area contributed by atoms with Gasteiger partial charge in [-0.3, -0.25) is 9.59 Å². The maximum absolute atomic E-state index is 12.5. The zero-order chi connectivity index (χ0) is 20.2. The van der Waals surface area contributed by atoms with E-state index < -0.39 is 0 Å². The molecule has 1 fully saturated rings. The number of anilines is 1. The van der Waals surface area contributed by atoms with Gasteiger partial charge in [0.05, 0.1) is 5.39 Å². The second-order valence-electron chi connectivity index (χ2n) is 7.09. The van der Waals surface area contributed by atoms with Crippen molar-refractivity contribution in [1.82, 2.24) is 19.8 Å². The van der Waals surface area contributed by atoms with Crippen LogP contribution in [0.5, 0.6) is 0 Å². The van der Waals surface area contributed by atoms with Crippen LogP contribution in [-0.4, -0.2) is 71.9 Å². The molecule has 0 unspecified atom stereocenters. The molecule has 1 aliphatic heterocycles. The number of aromatic nitrogens is 2. The Bertz CT molecular complexity index is 999. The molecule has 29 heavy (non-hydrogen) atoms. The van der Waals surface area contributed by atoms with Crippen molar-refractivity contribution in [3.05, 3.63) is 42.7 Å². The highest BCUT2D eigenvalue weighted by Crippen LogP contribution is 2.35. The van der Waals surface area contributed by atoms with E-state index in [4.69, 9.17) is 0 Å². The molecule has 3 heterocycles. The van der Waals surface area contributed by atoms with Crippen LogP contribution in [0.25, 0.3) is 20.7 Å². The molecule has 150 valence electrons. The highest BCUT2D eigenvalue weighted by molar-refractivity contribution is 7.21. The van der Waals surface area contributed by atoms with Crippen molar-refractivity contribution in [3.63, 3.8) is 0 Å². The topological polar surface area (TPSA) is 69.6 Å². The van der Waals surface area contributed by atoms with Crippen molar-refractivity contribution >= 4 is 39.7 Å². The molecule has 7 nitrogen and oxygen atoms in total. The van der Waals surface area contributed by atoms with Gasteiger partial charge in [0.2, 0.25) is 12.3 Å². The summed E-state index contributed by atoms with van der Waals surface area (Å²) in [6.07, 6.45) is 2.85. The van der Waals surface area contributed by atoms with Crippen LogP contribution < -0.4 is 4.90 Å². The number of carbonyl (C=O) groups excluding carboxylic acids is 2. The number of hydrogen-bond donors (Lipinski definition) is 0. The molecule has 0 aliphatic carbocycles. The van der Waals surface area contributed by atoms with E-state index in [9.17, 15) is 9.59 Å². The van der Waals surface area contributed by atoms with E-state index in [-0.39, 0.29) is 5.91 Å². The monoisotopic (exact) mass is 409 g/mol. The number of benzene rings is 1. The van der Waals surface area contributed by atoms with Gasteiger partial charge in [-0.25, -0.2) is 9.97 Å². The molecule has 0 bridgehead atoms. The molecule has 3 aromatic rings. The van der Waals surface area contributed by atoms with Crippen molar-refractivity contribution < 1.29 is 9.59 Å². The molecule has 2 aromatic heterocycles. The molecule has 0 radical (unpaired) electrons. The summed E-state index contributed by atoms with van der Waals surface area (Å²) in [5, 5.41) is 1.01. The molecule has 8 heteroatoms. The molecule has 0 saturated carbocycles. The molecule has 4 rings (SSSR count). The Labute approximate surface area is 173 Å². The smallest absolute Gasteiger partial charge is 0.224 e. The summed E-state index contributed by atoms with van der Waals surface area (Å²) in [4.78, 5) is 39.9. The lowest BCUT2D eigenvalue weighted by Gasteiger charge is -2.33. The lowest BCUT2D eigenvalue weighted by atomic mass is 10.2. The molecule has 0 N–H and O–H groups in total. The van der Waals surface area contributed by atoms with Crippen molar-refractivity contribution in [2.45, 2.75) is 6.42 Å². The van der Waals surface area contributed by atoms with Crippen LogP contribution >= 0.6 is 11.3 Å². The molecule has 0 atom stereocenters. The zero-order valence-electron chi connectivity index (χ0n) is 16.3. The van der Waals surface area contributed by atoms with Gasteiger partial charge >= 0.3 is 0 Å². The van der Waals surface area contributed by atoms with Crippen LogP contribution in [0.4, 0.5) is 5.82 Å². The number of nitrogens with zero attached hydrogens (tertiary/aromatic N) is 5. The van der Waals surface area contributed by atoms with Gasteiger partial charge in [-0.05, 0) is 11.6 Å². The first-order chi connectivity index (χ1) is 14.2. The van der Waals surface area contributed by atoms with Crippen molar-refractivity contribution in [2.75, 3.05) is 44.7 Å². The lowest BCUT2D eigenvalue weighted by molar-refractivity contribution is -0.134. The van der Waals surface area contributed by atoms with E-state index in [0.717, 1.165) is 32.9 Å². The molecular weight excluding hydrogens is 386 g/mol. The lowest BCUT2D eigenvalue weighted by Crippen LogP contribution is -2.48. The number of piperazine rings is 1. The van der Waals surface area contributed by atoms with Crippen LogP contribution in [0.15, 0.2) is 42.7 Å². The van der Waals surface area contributed by atoms with E-state index in [1.165, 1.54) is 0 Å². The Kier molecular flexibility index (Phi) is 5.71. The van der Waals surface area contributed by atoms with Gasteiger partial charge in [-0.15, -0.1) is 11.3 Å². The maximum Gasteiger partial charge on any atom is 0.224 e. The van der Waals surface area contributed by atoms with Crippen LogP contribution in [0.1, 0.15) is 6.42 Å². The number of rotatable bonds is 6. The van der Waals surface area contributed by atoms with Gasteiger partial charge in [-0.1, -0.05) is 30.3 Å². The second kappa shape index (κ2) is 8.57. The first-order valence-corrected chi connectivity index (χ1v) is 10.5. The third-order valence-corrected chi connectivity index (χ3v) is 6.30. The first-order valence-electron chi connectivity index (χ1n) is 9.64. The molecule has 1 aliphatic rings. The van der Waals surface area contributed by atoms with Gasteiger partial charge in [0, 0.05) is 51.1 Å². The van der Waals surface area contributed by atoms with E-state index in [0.29, 0.717) is 39.1 Å². The number of carbonyl (C=O) groups is 2. The third kappa shape index (κ3) is 4.22. The Morgan fingerprint density at radius 1 is 1.17 bits per heavy atom. The van der Waals surface area contributed by atoms with Crippen molar-refractivity contribution in [3.8, 4) is 10.4 Å². The zero-order valence-corrected chi connectivity index (χ0v) is 17.1. The molecule has 2 amide bonds. The largest absolute Gasteiger partial charge is 0.359 e.